The van der Waals surface area contributed by atoms with Gasteiger partial charge < -0.3 is 15.2 Å². The first kappa shape index (κ1) is 14.7. The molecule has 0 saturated heterocycles. The van der Waals surface area contributed by atoms with E-state index in [1.54, 1.807) is 13.2 Å². The van der Waals surface area contributed by atoms with Crippen molar-refractivity contribution in [1.29, 1.82) is 0 Å². The molecule has 20 heavy (non-hydrogen) atoms. The van der Waals surface area contributed by atoms with Crippen LogP contribution in [0.1, 0.15) is 24.1 Å². The first-order chi connectivity index (χ1) is 9.51. The molecule has 0 spiro atoms. The lowest BCUT2D eigenvalue weighted by molar-refractivity contribution is 0.415. The fraction of sp³-hybridized carbons (Fsp3) is 0.250. The van der Waals surface area contributed by atoms with E-state index in [1.807, 2.05) is 44.2 Å². The third-order valence-electron chi connectivity index (χ3n) is 3.20. The molecule has 0 fully saturated rings. The molecule has 0 radical (unpaired) electrons. The molecule has 2 aromatic carbocycles. The van der Waals surface area contributed by atoms with Crippen LogP contribution in [0.15, 0.2) is 40.9 Å². The second-order valence-corrected chi connectivity index (χ2v) is 5.63. The SMILES string of the molecule is COc1ccc(Br)c(NC(C)c2ccc(C)cc2O)c1. The van der Waals surface area contributed by atoms with E-state index in [-0.39, 0.29) is 6.04 Å². The Morgan fingerprint density at radius 3 is 2.60 bits per heavy atom. The molecule has 4 heteroatoms. The van der Waals surface area contributed by atoms with E-state index in [4.69, 9.17) is 4.74 Å². The van der Waals surface area contributed by atoms with Gasteiger partial charge in [0.25, 0.3) is 0 Å². The molecule has 0 bridgehead atoms. The van der Waals surface area contributed by atoms with Crippen LogP contribution in [0.25, 0.3) is 0 Å². The fourth-order valence-corrected chi connectivity index (χ4v) is 2.43. The molecule has 0 aliphatic heterocycles. The van der Waals surface area contributed by atoms with E-state index in [2.05, 4.69) is 21.2 Å². The lowest BCUT2D eigenvalue weighted by Gasteiger charge is -2.18. The number of hydrogen-bond donors (Lipinski definition) is 2. The van der Waals surface area contributed by atoms with Gasteiger partial charge in [-0.1, -0.05) is 12.1 Å². The van der Waals surface area contributed by atoms with Gasteiger partial charge in [-0.15, -0.1) is 0 Å². The number of phenolic OH excluding ortho intramolecular Hbond substituents is 1. The van der Waals surface area contributed by atoms with Crippen LogP contribution in [0, 0.1) is 6.92 Å². The molecule has 2 aromatic rings. The lowest BCUT2D eigenvalue weighted by atomic mass is 10.0. The molecule has 2 rings (SSSR count). The van der Waals surface area contributed by atoms with Gasteiger partial charge in [0.1, 0.15) is 11.5 Å². The predicted molar refractivity (Wildman–Crippen MR) is 85.6 cm³/mol. The van der Waals surface area contributed by atoms with Crippen molar-refractivity contribution in [2.24, 2.45) is 0 Å². The highest BCUT2D eigenvalue weighted by atomic mass is 79.9. The molecule has 0 saturated carbocycles. The second kappa shape index (κ2) is 6.18. The molecule has 106 valence electrons. The molecule has 0 heterocycles. The van der Waals surface area contributed by atoms with Gasteiger partial charge in [-0.25, -0.2) is 0 Å². The highest BCUT2D eigenvalue weighted by molar-refractivity contribution is 9.10. The van der Waals surface area contributed by atoms with Crippen molar-refractivity contribution in [1.82, 2.24) is 0 Å². The van der Waals surface area contributed by atoms with Gasteiger partial charge in [0.05, 0.1) is 18.8 Å². The van der Waals surface area contributed by atoms with Crippen molar-refractivity contribution in [2.45, 2.75) is 19.9 Å². The molecule has 0 aliphatic carbocycles. The zero-order chi connectivity index (χ0) is 14.7. The van der Waals surface area contributed by atoms with Crippen LogP contribution in [-0.4, -0.2) is 12.2 Å². The first-order valence-electron chi connectivity index (χ1n) is 6.41. The molecule has 0 aliphatic rings. The Kier molecular flexibility index (Phi) is 4.55. The van der Waals surface area contributed by atoms with Gasteiger partial charge in [-0.3, -0.25) is 0 Å². The molecule has 2 N–H and O–H groups in total. The first-order valence-corrected chi connectivity index (χ1v) is 7.20. The molecular formula is C16H18BrNO2. The molecule has 3 nitrogen and oxygen atoms in total. The van der Waals surface area contributed by atoms with Crippen LogP contribution in [0.5, 0.6) is 11.5 Å². The standard InChI is InChI=1S/C16H18BrNO2/c1-10-4-6-13(16(19)8-10)11(2)18-15-9-12(20-3)5-7-14(15)17/h4-9,11,18-19H,1-3H3. The smallest absolute Gasteiger partial charge is 0.121 e. The van der Waals surface area contributed by atoms with Crippen molar-refractivity contribution >= 4 is 21.6 Å². The van der Waals surface area contributed by atoms with Gasteiger partial charge in [0.15, 0.2) is 0 Å². The Morgan fingerprint density at radius 1 is 1.20 bits per heavy atom. The second-order valence-electron chi connectivity index (χ2n) is 4.77. The highest BCUT2D eigenvalue weighted by Gasteiger charge is 2.12. The number of nitrogens with one attached hydrogen (secondary N) is 1. The van der Waals surface area contributed by atoms with Crippen LogP contribution in [0.3, 0.4) is 0 Å². The lowest BCUT2D eigenvalue weighted by Crippen LogP contribution is -2.07. The number of anilines is 1. The number of halogens is 1. The van der Waals surface area contributed by atoms with Gasteiger partial charge in [-0.05, 0) is 53.5 Å². The van der Waals surface area contributed by atoms with Crippen molar-refractivity contribution < 1.29 is 9.84 Å². The number of rotatable bonds is 4. The number of benzene rings is 2. The Morgan fingerprint density at radius 2 is 1.95 bits per heavy atom. The van der Waals surface area contributed by atoms with Crippen LogP contribution in [-0.2, 0) is 0 Å². The number of aromatic hydroxyl groups is 1. The summed E-state index contributed by atoms with van der Waals surface area (Å²) in [6, 6.07) is 11.4. The summed E-state index contributed by atoms with van der Waals surface area (Å²) in [6.45, 7) is 3.97. The molecule has 0 amide bonds. The quantitative estimate of drug-likeness (QED) is 0.854. The summed E-state index contributed by atoms with van der Waals surface area (Å²) in [5.74, 6) is 1.10. The summed E-state index contributed by atoms with van der Waals surface area (Å²) >= 11 is 3.51. The van der Waals surface area contributed by atoms with Crippen molar-refractivity contribution in [3.05, 3.63) is 52.0 Å². The fourth-order valence-electron chi connectivity index (χ4n) is 2.07. The summed E-state index contributed by atoms with van der Waals surface area (Å²) < 4.78 is 6.18. The predicted octanol–water partition coefficient (Wildman–Crippen LogP) is 4.64. The number of ether oxygens (including phenoxy) is 1. The van der Waals surface area contributed by atoms with Crippen LogP contribution in [0.2, 0.25) is 0 Å². The average Bonchev–Trinajstić information content (AvgIpc) is 2.41. The van der Waals surface area contributed by atoms with Crippen LogP contribution in [0.4, 0.5) is 5.69 Å². The van der Waals surface area contributed by atoms with E-state index < -0.39 is 0 Å². The van der Waals surface area contributed by atoms with E-state index in [0.29, 0.717) is 5.75 Å². The monoisotopic (exact) mass is 335 g/mol. The topological polar surface area (TPSA) is 41.5 Å². The molecule has 1 unspecified atom stereocenters. The van der Waals surface area contributed by atoms with Crippen LogP contribution >= 0.6 is 15.9 Å². The highest BCUT2D eigenvalue weighted by Crippen LogP contribution is 2.32. The van der Waals surface area contributed by atoms with Crippen molar-refractivity contribution in [3.63, 3.8) is 0 Å². The third kappa shape index (κ3) is 3.25. The van der Waals surface area contributed by atoms with Crippen molar-refractivity contribution in [3.8, 4) is 11.5 Å². The van der Waals surface area contributed by atoms with Gasteiger partial charge in [0.2, 0.25) is 0 Å². The maximum atomic E-state index is 10.0. The van der Waals surface area contributed by atoms with Gasteiger partial charge in [0, 0.05) is 16.1 Å². The molecule has 1 atom stereocenters. The van der Waals surface area contributed by atoms with E-state index >= 15 is 0 Å². The number of methoxy groups -OCH3 is 1. The minimum Gasteiger partial charge on any atom is -0.508 e. The van der Waals surface area contributed by atoms with Gasteiger partial charge >= 0.3 is 0 Å². The average molecular weight is 336 g/mol. The van der Waals surface area contributed by atoms with Crippen LogP contribution < -0.4 is 10.1 Å². The maximum absolute atomic E-state index is 10.0. The van der Waals surface area contributed by atoms with Crippen molar-refractivity contribution in [2.75, 3.05) is 12.4 Å². The normalized spacial score (nSPS) is 12.0. The summed E-state index contributed by atoms with van der Waals surface area (Å²) in [4.78, 5) is 0. The largest absolute Gasteiger partial charge is 0.508 e. The summed E-state index contributed by atoms with van der Waals surface area (Å²) in [7, 11) is 1.64. The third-order valence-corrected chi connectivity index (χ3v) is 3.89. The zero-order valence-electron chi connectivity index (χ0n) is 11.8. The number of hydrogen-bond acceptors (Lipinski definition) is 3. The van der Waals surface area contributed by atoms with E-state index in [9.17, 15) is 5.11 Å². The summed E-state index contributed by atoms with van der Waals surface area (Å²) in [6.07, 6.45) is 0. The number of aryl methyl sites for hydroxylation is 1. The van der Waals surface area contributed by atoms with E-state index in [1.165, 1.54) is 0 Å². The Labute approximate surface area is 127 Å². The maximum Gasteiger partial charge on any atom is 0.121 e. The Bertz CT molecular complexity index is 613. The Balaban J connectivity index is 2.25. The minimum atomic E-state index is -0.0148. The van der Waals surface area contributed by atoms with Gasteiger partial charge in [-0.2, -0.15) is 0 Å². The van der Waals surface area contributed by atoms with E-state index in [0.717, 1.165) is 27.0 Å². The summed E-state index contributed by atoms with van der Waals surface area (Å²) in [5, 5.41) is 13.4. The molecular weight excluding hydrogens is 318 g/mol. The summed E-state index contributed by atoms with van der Waals surface area (Å²) in [5.41, 5.74) is 2.84. The number of phenols is 1. The zero-order valence-corrected chi connectivity index (χ0v) is 13.4. The minimum absolute atomic E-state index is 0.0148. The molecule has 0 aromatic heterocycles. The Hall–Kier alpha value is -1.68.